The van der Waals surface area contributed by atoms with Crippen LogP contribution >= 0.6 is 11.3 Å². The SMILES string of the molecule is CC(C)Oc1ccc(-c2cnc(C(=O)O)s2)cc1C#N. The third-order valence-corrected chi connectivity index (χ3v) is 3.47. The zero-order chi connectivity index (χ0) is 14.7. The van der Waals surface area contributed by atoms with E-state index in [0.29, 0.717) is 16.2 Å². The third-order valence-electron chi connectivity index (χ3n) is 2.44. The first-order valence-electron chi connectivity index (χ1n) is 5.91. The van der Waals surface area contributed by atoms with Crippen molar-refractivity contribution in [1.29, 1.82) is 5.26 Å². The fourth-order valence-corrected chi connectivity index (χ4v) is 2.39. The van der Waals surface area contributed by atoms with Gasteiger partial charge in [-0.25, -0.2) is 9.78 Å². The molecule has 0 atom stereocenters. The van der Waals surface area contributed by atoms with Crippen molar-refractivity contribution in [2.75, 3.05) is 0 Å². The lowest BCUT2D eigenvalue weighted by molar-refractivity contribution is 0.0696. The number of nitriles is 1. The molecule has 2 rings (SSSR count). The highest BCUT2D eigenvalue weighted by atomic mass is 32.1. The van der Waals surface area contributed by atoms with Gasteiger partial charge >= 0.3 is 5.97 Å². The van der Waals surface area contributed by atoms with E-state index >= 15 is 0 Å². The summed E-state index contributed by atoms with van der Waals surface area (Å²) in [6.45, 7) is 3.77. The molecule has 0 aliphatic heterocycles. The number of carbonyl (C=O) groups is 1. The molecule has 6 heteroatoms. The molecule has 1 N–H and O–H groups in total. The van der Waals surface area contributed by atoms with Crippen LogP contribution in [0.5, 0.6) is 5.75 Å². The number of rotatable bonds is 4. The Balaban J connectivity index is 2.38. The summed E-state index contributed by atoms with van der Waals surface area (Å²) in [5.74, 6) is -0.532. The normalized spacial score (nSPS) is 10.3. The molecule has 0 fully saturated rings. The van der Waals surface area contributed by atoms with Crippen LogP contribution in [0.4, 0.5) is 0 Å². The van der Waals surface area contributed by atoms with Crippen molar-refractivity contribution in [2.24, 2.45) is 0 Å². The van der Waals surface area contributed by atoms with Crippen molar-refractivity contribution in [3.8, 4) is 22.3 Å². The van der Waals surface area contributed by atoms with Gasteiger partial charge in [0.05, 0.1) is 16.5 Å². The number of hydrogen-bond acceptors (Lipinski definition) is 5. The van der Waals surface area contributed by atoms with Crippen molar-refractivity contribution in [3.63, 3.8) is 0 Å². The number of carboxylic acids is 1. The van der Waals surface area contributed by atoms with Gasteiger partial charge in [-0.2, -0.15) is 5.26 Å². The average Bonchev–Trinajstić information content (AvgIpc) is 2.88. The molecule has 20 heavy (non-hydrogen) atoms. The Morgan fingerprint density at radius 2 is 2.25 bits per heavy atom. The lowest BCUT2D eigenvalue weighted by atomic mass is 10.1. The van der Waals surface area contributed by atoms with E-state index in [0.717, 1.165) is 16.9 Å². The van der Waals surface area contributed by atoms with E-state index in [4.69, 9.17) is 15.1 Å². The molecule has 1 aromatic carbocycles. The first-order valence-corrected chi connectivity index (χ1v) is 6.73. The van der Waals surface area contributed by atoms with Crippen LogP contribution in [0.15, 0.2) is 24.4 Å². The van der Waals surface area contributed by atoms with Gasteiger partial charge in [-0.15, -0.1) is 11.3 Å². The lowest BCUT2D eigenvalue weighted by Gasteiger charge is -2.11. The number of hydrogen-bond donors (Lipinski definition) is 1. The van der Waals surface area contributed by atoms with Crippen molar-refractivity contribution in [3.05, 3.63) is 35.0 Å². The standard InChI is InChI=1S/C14H12N2O3S/c1-8(2)19-11-4-3-9(5-10(11)6-15)12-7-16-13(20-12)14(17)18/h3-5,7-8H,1-2H3,(H,17,18). The second-order valence-corrected chi connectivity index (χ2v) is 5.35. The predicted octanol–water partition coefficient (Wildman–Crippen LogP) is 3.17. The van der Waals surface area contributed by atoms with Crippen LogP contribution in [0.25, 0.3) is 10.4 Å². The summed E-state index contributed by atoms with van der Waals surface area (Å²) in [6, 6.07) is 7.27. The van der Waals surface area contributed by atoms with E-state index in [2.05, 4.69) is 11.1 Å². The van der Waals surface area contributed by atoms with Gasteiger partial charge in [-0.3, -0.25) is 0 Å². The number of carboxylic acid groups (broad SMARTS) is 1. The second kappa shape index (κ2) is 5.72. The van der Waals surface area contributed by atoms with Crippen molar-refractivity contribution in [1.82, 2.24) is 4.98 Å². The third kappa shape index (κ3) is 2.95. The van der Waals surface area contributed by atoms with Crippen molar-refractivity contribution in [2.45, 2.75) is 20.0 Å². The van der Waals surface area contributed by atoms with E-state index in [1.807, 2.05) is 13.8 Å². The average molecular weight is 288 g/mol. The van der Waals surface area contributed by atoms with Crippen LogP contribution in [0, 0.1) is 11.3 Å². The fourth-order valence-electron chi connectivity index (χ4n) is 1.63. The van der Waals surface area contributed by atoms with Gasteiger partial charge in [0.15, 0.2) is 0 Å². The monoisotopic (exact) mass is 288 g/mol. The first-order chi connectivity index (χ1) is 9.51. The molecule has 0 unspecified atom stereocenters. The largest absolute Gasteiger partial charge is 0.490 e. The Bertz CT molecular complexity index is 686. The molecular formula is C14H12N2O3S. The molecule has 0 radical (unpaired) electrons. The van der Waals surface area contributed by atoms with Gasteiger partial charge in [0, 0.05) is 6.20 Å². The van der Waals surface area contributed by atoms with Gasteiger partial charge < -0.3 is 9.84 Å². The smallest absolute Gasteiger partial charge is 0.365 e. The lowest BCUT2D eigenvalue weighted by Crippen LogP contribution is -2.06. The molecule has 0 spiro atoms. The Labute approximate surface area is 120 Å². The van der Waals surface area contributed by atoms with E-state index in [1.54, 1.807) is 18.2 Å². The minimum atomic E-state index is -1.05. The molecule has 0 aliphatic rings. The fraction of sp³-hybridized carbons (Fsp3) is 0.214. The summed E-state index contributed by atoms with van der Waals surface area (Å²) in [7, 11) is 0. The van der Waals surface area contributed by atoms with Crippen LogP contribution in [0.1, 0.15) is 29.2 Å². The Morgan fingerprint density at radius 3 is 2.80 bits per heavy atom. The molecular weight excluding hydrogens is 276 g/mol. The summed E-state index contributed by atoms with van der Waals surface area (Å²) in [6.07, 6.45) is 1.48. The van der Waals surface area contributed by atoms with Gasteiger partial charge in [0.25, 0.3) is 0 Å². The Kier molecular flexibility index (Phi) is 4.01. The van der Waals surface area contributed by atoms with Gasteiger partial charge in [0.1, 0.15) is 11.8 Å². The van der Waals surface area contributed by atoms with Crippen LogP contribution in [-0.4, -0.2) is 22.2 Å². The minimum absolute atomic E-state index is 0.0185. The topological polar surface area (TPSA) is 83.2 Å². The zero-order valence-electron chi connectivity index (χ0n) is 11.0. The molecule has 0 bridgehead atoms. The summed E-state index contributed by atoms with van der Waals surface area (Å²) in [4.78, 5) is 15.3. The van der Waals surface area contributed by atoms with Crippen LogP contribution in [0.2, 0.25) is 0 Å². The van der Waals surface area contributed by atoms with Crippen molar-refractivity contribution >= 4 is 17.3 Å². The number of aromatic carboxylic acids is 1. The molecule has 0 amide bonds. The Morgan fingerprint density at radius 1 is 1.50 bits per heavy atom. The van der Waals surface area contributed by atoms with E-state index in [-0.39, 0.29) is 11.1 Å². The molecule has 0 saturated heterocycles. The number of nitrogens with zero attached hydrogens (tertiary/aromatic N) is 2. The Hall–Kier alpha value is -2.39. The highest BCUT2D eigenvalue weighted by molar-refractivity contribution is 7.16. The molecule has 102 valence electrons. The molecule has 0 saturated carbocycles. The van der Waals surface area contributed by atoms with E-state index in [1.165, 1.54) is 6.20 Å². The molecule has 5 nitrogen and oxygen atoms in total. The maximum Gasteiger partial charge on any atom is 0.365 e. The summed E-state index contributed by atoms with van der Waals surface area (Å²) in [5, 5.41) is 18.1. The van der Waals surface area contributed by atoms with Crippen LogP contribution in [0.3, 0.4) is 0 Å². The maximum atomic E-state index is 10.8. The number of ether oxygens (including phenoxy) is 1. The zero-order valence-corrected chi connectivity index (χ0v) is 11.8. The van der Waals surface area contributed by atoms with E-state index in [9.17, 15) is 4.79 Å². The second-order valence-electron chi connectivity index (χ2n) is 4.32. The van der Waals surface area contributed by atoms with E-state index < -0.39 is 5.97 Å². The maximum absolute atomic E-state index is 10.8. The highest BCUT2D eigenvalue weighted by Crippen LogP contribution is 2.30. The number of aromatic nitrogens is 1. The van der Waals surface area contributed by atoms with Gasteiger partial charge in [-0.1, -0.05) is 0 Å². The predicted molar refractivity (Wildman–Crippen MR) is 75.0 cm³/mol. The van der Waals surface area contributed by atoms with Gasteiger partial charge in [-0.05, 0) is 37.6 Å². The highest BCUT2D eigenvalue weighted by Gasteiger charge is 2.12. The van der Waals surface area contributed by atoms with Crippen LogP contribution < -0.4 is 4.74 Å². The first kappa shape index (κ1) is 14.0. The summed E-state index contributed by atoms with van der Waals surface area (Å²) in [5.41, 5.74) is 1.17. The van der Waals surface area contributed by atoms with Crippen molar-refractivity contribution < 1.29 is 14.6 Å². The summed E-state index contributed by atoms with van der Waals surface area (Å²) < 4.78 is 5.54. The molecule has 0 aliphatic carbocycles. The summed E-state index contributed by atoms with van der Waals surface area (Å²) >= 11 is 1.07. The van der Waals surface area contributed by atoms with Gasteiger partial charge in [0.2, 0.25) is 5.01 Å². The number of thiazole rings is 1. The number of benzene rings is 1. The minimum Gasteiger partial charge on any atom is -0.490 e. The molecule has 2 aromatic rings. The quantitative estimate of drug-likeness (QED) is 0.934. The molecule has 1 heterocycles. The molecule has 1 aromatic heterocycles. The van der Waals surface area contributed by atoms with Crippen LogP contribution in [-0.2, 0) is 0 Å².